The van der Waals surface area contributed by atoms with E-state index in [-0.39, 0.29) is 0 Å². The second kappa shape index (κ2) is 5.24. The average molecular weight is 207 g/mol. The van der Waals surface area contributed by atoms with Gasteiger partial charge in [0.15, 0.2) is 0 Å². The number of nitrogens with zero attached hydrogens (tertiary/aromatic N) is 1. The van der Waals surface area contributed by atoms with Gasteiger partial charge in [-0.3, -0.25) is 14.6 Å². The summed E-state index contributed by atoms with van der Waals surface area (Å²) in [6, 6.07) is 3.61. The zero-order valence-corrected chi connectivity index (χ0v) is 8.51. The van der Waals surface area contributed by atoms with Gasteiger partial charge in [0.25, 0.3) is 5.97 Å². The second-order valence-electron chi connectivity index (χ2n) is 3.43. The third-order valence-electron chi connectivity index (χ3n) is 1.94. The molecule has 0 spiro atoms. The molecule has 0 aromatic carbocycles. The van der Waals surface area contributed by atoms with Crippen LogP contribution in [-0.4, -0.2) is 22.3 Å². The van der Waals surface area contributed by atoms with Gasteiger partial charge < -0.3 is 5.11 Å². The van der Waals surface area contributed by atoms with Crippen LogP contribution in [-0.2, 0) is 4.79 Å². The summed E-state index contributed by atoms with van der Waals surface area (Å²) in [5.74, 6) is -0.199. The van der Waals surface area contributed by atoms with Gasteiger partial charge in [-0.25, -0.2) is 0 Å². The number of aliphatic carboxylic acids is 1. The summed E-state index contributed by atoms with van der Waals surface area (Å²) in [5.41, 5.74) is 1.82. The van der Waals surface area contributed by atoms with Crippen LogP contribution in [0.5, 0.6) is 0 Å². The van der Waals surface area contributed by atoms with Gasteiger partial charge in [-0.05, 0) is 25.0 Å². The molecule has 1 N–H and O–H groups in total. The van der Waals surface area contributed by atoms with Crippen LogP contribution < -0.4 is 0 Å². The molecule has 0 atom stereocenters. The molecule has 0 amide bonds. The van der Waals surface area contributed by atoms with Gasteiger partial charge in [0.05, 0.1) is 0 Å². The van der Waals surface area contributed by atoms with Crippen LogP contribution in [0.25, 0.3) is 0 Å². The molecule has 2 rings (SSSR count). The first-order valence-corrected chi connectivity index (χ1v) is 4.74. The number of hydrogen-bond acceptors (Lipinski definition) is 3. The molecule has 0 saturated heterocycles. The van der Waals surface area contributed by atoms with Crippen LogP contribution in [0, 0.1) is 0 Å². The minimum absolute atomic E-state index is 0.634. The standard InChI is InChI=1S/C9H9NO.C2H4O2/c11-6-7-3-4-10-9(5-7)8-1-2-8;1-2(3)4/h3-6,8H,1-2H2;1H3,(H,3,4). The Morgan fingerprint density at radius 2 is 2.20 bits per heavy atom. The summed E-state index contributed by atoms with van der Waals surface area (Å²) in [4.78, 5) is 23.6. The number of carbonyl (C=O) groups excluding carboxylic acids is 1. The first-order chi connectivity index (χ1) is 7.13. The fourth-order valence-corrected chi connectivity index (χ4v) is 1.14. The van der Waals surface area contributed by atoms with E-state index in [0.717, 1.165) is 24.5 Å². The average Bonchev–Trinajstić information content (AvgIpc) is 3.00. The molecule has 0 bridgehead atoms. The lowest BCUT2D eigenvalue weighted by Crippen LogP contribution is -1.88. The highest BCUT2D eigenvalue weighted by molar-refractivity contribution is 5.74. The van der Waals surface area contributed by atoms with Crippen LogP contribution in [0.1, 0.15) is 41.7 Å². The third-order valence-corrected chi connectivity index (χ3v) is 1.94. The molecule has 1 saturated carbocycles. The number of pyridine rings is 1. The summed E-state index contributed by atoms with van der Waals surface area (Å²) < 4.78 is 0. The number of carboxylic acid groups (broad SMARTS) is 1. The van der Waals surface area contributed by atoms with Crippen molar-refractivity contribution in [1.29, 1.82) is 0 Å². The number of carboxylic acids is 1. The lowest BCUT2D eigenvalue weighted by atomic mass is 10.2. The summed E-state index contributed by atoms with van der Waals surface area (Å²) in [6.45, 7) is 1.08. The largest absolute Gasteiger partial charge is 0.481 e. The van der Waals surface area contributed by atoms with E-state index in [2.05, 4.69) is 4.98 Å². The van der Waals surface area contributed by atoms with Crippen molar-refractivity contribution in [3.05, 3.63) is 29.6 Å². The summed E-state index contributed by atoms with van der Waals surface area (Å²) >= 11 is 0. The molecule has 15 heavy (non-hydrogen) atoms. The Kier molecular flexibility index (Phi) is 3.97. The van der Waals surface area contributed by atoms with Crippen molar-refractivity contribution < 1.29 is 14.7 Å². The highest BCUT2D eigenvalue weighted by Gasteiger charge is 2.24. The van der Waals surface area contributed by atoms with E-state index < -0.39 is 5.97 Å². The molecular weight excluding hydrogens is 194 g/mol. The maximum atomic E-state index is 10.4. The first-order valence-electron chi connectivity index (χ1n) is 4.74. The molecule has 1 fully saturated rings. The van der Waals surface area contributed by atoms with Gasteiger partial charge in [-0.1, -0.05) is 0 Å². The fraction of sp³-hybridized carbons (Fsp3) is 0.364. The van der Waals surface area contributed by atoms with Crippen molar-refractivity contribution in [3.8, 4) is 0 Å². The van der Waals surface area contributed by atoms with E-state index in [1.54, 1.807) is 12.3 Å². The summed E-state index contributed by atoms with van der Waals surface area (Å²) in [6.07, 6.45) is 5.04. The van der Waals surface area contributed by atoms with Crippen molar-refractivity contribution in [2.45, 2.75) is 25.7 Å². The minimum atomic E-state index is -0.833. The van der Waals surface area contributed by atoms with Crippen molar-refractivity contribution in [2.75, 3.05) is 0 Å². The number of hydrogen-bond donors (Lipinski definition) is 1. The Balaban J connectivity index is 0.000000245. The van der Waals surface area contributed by atoms with Crippen molar-refractivity contribution >= 4 is 12.3 Å². The van der Waals surface area contributed by atoms with Crippen LogP contribution in [0.2, 0.25) is 0 Å². The van der Waals surface area contributed by atoms with E-state index in [9.17, 15) is 4.79 Å². The number of aromatic nitrogens is 1. The lowest BCUT2D eigenvalue weighted by Gasteiger charge is -1.95. The molecule has 1 aromatic rings. The van der Waals surface area contributed by atoms with Gasteiger partial charge in [0.1, 0.15) is 6.29 Å². The maximum Gasteiger partial charge on any atom is 0.300 e. The van der Waals surface area contributed by atoms with Crippen molar-refractivity contribution in [3.63, 3.8) is 0 Å². The second-order valence-corrected chi connectivity index (χ2v) is 3.43. The molecule has 80 valence electrons. The van der Waals surface area contributed by atoms with Crippen molar-refractivity contribution in [1.82, 2.24) is 4.98 Å². The van der Waals surface area contributed by atoms with Crippen molar-refractivity contribution in [2.24, 2.45) is 0 Å². The zero-order chi connectivity index (χ0) is 11.3. The Morgan fingerprint density at radius 1 is 1.60 bits per heavy atom. The molecule has 0 radical (unpaired) electrons. The van der Waals surface area contributed by atoms with E-state index >= 15 is 0 Å². The Labute approximate surface area is 88.0 Å². The van der Waals surface area contributed by atoms with E-state index in [4.69, 9.17) is 9.90 Å². The van der Waals surface area contributed by atoms with Gasteiger partial charge >= 0.3 is 0 Å². The highest BCUT2D eigenvalue weighted by atomic mass is 16.4. The molecule has 4 heteroatoms. The zero-order valence-electron chi connectivity index (χ0n) is 8.51. The molecule has 1 aliphatic carbocycles. The van der Waals surface area contributed by atoms with Gasteiger partial charge in [-0.2, -0.15) is 0 Å². The molecule has 0 unspecified atom stereocenters. The van der Waals surface area contributed by atoms with E-state index in [1.807, 2.05) is 6.07 Å². The SMILES string of the molecule is CC(=O)O.O=Cc1ccnc(C2CC2)c1. The number of carbonyl (C=O) groups is 2. The Morgan fingerprint density at radius 3 is 2.67 bits per heavy atom. The molecule has 1 aromatic heterocycles. The Bertz CT molecular complexity index is 355. The lowest BCUT2D eigenvalue weighted by molar-refractivity contribution is -0.134. The normalized spacial score (nSPS) is 13.7. The predicted octanol–water partition coefficient (Wildman–Crippen LogP) is 1.86. The van der Waals surface area contributed by atoms with Gasteiger partial charge in [-0.15, -0.1) is 0 Å². The third kappa shape index (κ3) is 4.35. The van der Waals surface area contributed by atoms with Gasteiger partial charge in [0, 0.05) is 30.3 Å². The summed E-state index contributed by atoms with van der Waals surface area (Å²) in [5, 5.41) is 7.42. The van der Waals surface area contributed by atoms with E-state index in [0.29, 0.717) is 5.92 Å². The van der Waals surface area contributed by atoms with Crippen LogP contribution in [0.4, 0.5) is 0 Å². The molecule has 1 aliphatic rings. The van der Waals surface area contributed by atoms with E-state index in [1.165, 1.54) is 12.8 Å². The highest BCUT2D eigenvalue weighted by Crippen LogP contribution is 2.38. The minimum Gasteiger partial charge on any atom is -0.481 e. The predicted molar refractivity (Wildman–Crippen MR) is 54.9 cm³/mol. The molecule has 4 nitrogen and oxygen atoms in total. The maximum absolute atomic E-state index is 10.4. The smallest absolute Gasteiger partial charge is 0.300 e. The van der Waals surface area contributed by atoms with Crippen LogP contribution in [0.3, 0.4) is 0 Å². The van der Waals surface area contributed by atoms with Crippen LogP contribution >= 0.6 is 0 Å². The molecular formula is C11H13NO3. The molecule has 0 aliphatic heterocycles. The summed E-state index contributed by atoms with van der Waals surface area (Å²) in [7, 11) is 0. The van der Waals surface area contributed by atoms with Gasteiger partial charge in [0.2, 0.25) is 0 Å². The Hall–Kier alpha value is -1.71. The van der Waals surface area contributed by atoms with Crippen LogP contribution in [0.15, 0.2) is 18.3 Å². The quantitative estimate of drug-likeness (QED) is 0.751. The number of rotatable bonds is 2. The fourth-order valence-electron chi connectivity index (χ4n) is 1.14. The number of aldehydes is 1. The topological polar surface area (TPSA) is 67.3 Å². The monoisotopic (exact) mass is 207 g/mol. The first kappa shape index (κ1) is 11.4. The molecule has 1 heterocycles.